The van der Waals surface area contributed by atoms with Crippen molar-refractivity contribution in [2.45, 2.75) is 6.61 Å². The molecule has 0 bridgehead atoms. The van der Waals surface area contributed by atoms with Gasteiger partial charge < -0.3 is 13.9 Å². The third-order valence-corrected chi connectivity index (χ3v) is 4.99. The summed E-state index contributed by atoms with van der Waals surface area (Å²) in [6.45, 7) is 0.437. The van der Waals surface area contributed by atoms with E-state index in [1.54, 1.807) is 25.3 Å². The maximum absolute atomic E-state index is 12.9. The van der Waals surface area contributed by atoms with Gasteiger partial charge in [-0.3, -0.25) is 4.79 Å². The van der Waals surface area contributed by atoms with Gasteiger partial charge in [0.25, 0.3) is 0 Å². The Labute approximate surface area is 170 Å². The molecule has 0 fully saturated rings. The zero-order valence-corrected chi connectivity index (χ0v) is 16.7. The average molecular weight is 437 g/mol. The Balaban J connectivity index is 1.60. The number of methoxy groups -OCH3 is 1. The van der Waals surface area contributed by atoms with E-state index in [1.807, 2.05) is 48.5 Å². The summed E-state index contributed by atoms with van der Waals surface area (Å²) in [5.41, 5.74) is 2.77. The van der Waals surface area contributed by atoms with Crippen LogP contribution in [0.3, 0.4) is 0 Å². The van der Waals surface area contributed by atoms with Gasteiger partial charge >= 0.3 is 0 Å². The van der Waals surface area contributed by atoms with Crippen molar-refractivity contribution in [3.63, 3.8) is 0 Å². The molecule has 1 aromatic heterocycles. The summed E-state index contributed by atoms with van der Waals surface area (Å²) in [5, 5.41) is 0.518. The molecule has 4 aromatic rings. The fourth-order valence-corrected chi connectivity index (χ4v) is 3.18. The van der Waals surface area contributed by atoms with Crippen LogP contribution in [-0.2, 0) is 6.61 Å². The molecule has 140 valence electrons. The number of fused-ring (bicyclic) bond motifs is 1. The number of halogens is 1. The molecule has 28 heavy (non-hydrogen) atoms. The van der Waals surface area contributed by atoms with E-state index >= 15 is 0 Å². The quantitative estimate of drug-likeness (QED) is 0.396. The highest BCUT2D eigenvalue weighted by atomic mass is 79.9. The summed E-state index contributed by atoms with van der Waals surface area (Å²) >= 11 is 3.42. The molecule has 0 aliphatic carbocycles. The summed E-state index contributed by atoms with van der Waals surface area (Å²) in [6, 6.07) is 20.5. The van der Waals surface area contributed by atoms with Crippen molar-refractivity contribution >= 4 is 26.9 Å². The molecule has 0 saturated carbocycles. The molecule has 1 heterocycles. The van der Waals surface area contributed by atoms with Crippen LogP contribution in [0.25, 0.3) is 22.1 Å². The predicted octanol–water partition coefficient (Wildman–Crippen LogP) is 5.81. The lowest BCUT2D eigenvalue weighted by atomic mass is 10.1. The van der Waals surface area contributed by atoms with Crippen molar-refractivity contribution in [2.75, 3.05) is 7.11 Å². The van der Waals surface area contributed by atoms with Crippen molar-refractivity contribution in [1.82, 2.24) is 0 Å². The van der Waals surface area contributed by atoms with Crippen molar-refractivity contribution < 1.29 is 13.9 Å². The summed E-state index contributed by atoms with van der Waals surface area (Å²) < 4.78 is 17.7. The van der Waals surface area contributed by atoms with Crippen LogP contribution < -0.4 is 14.9 Å². The first-order chi connectivity index (χ1) is 13.6. The van der Waals surface area contributed by atoms with Gasteiger partial charge in [0, 0.05) is 10.5 Å². The summed E-state index contributed by atoms with van der Waals surface area (Å²) in [7, 11) is 1.61. The molecule has 0 N–H and O–H groups in total. The minimum Gasteiger partial charge on any atom is -0.497 e. The Morgan fingerprint density at radius 3 is 2.36 bits per heavy atom. The third kappa shape index (κ3) is 3.80. The van der Waals surface area contributed by atoms with Gasteiger partial charge in [-0.25, -0.2) is 0 Å². The standard InChI is InChI=1S/C23H17BrO4/c1-26-18-8-4-16(5-9-18)21-14-28-22-12-19(10-11-20(22)23(21)25)27-13-15-2-6-17(24)7-3-15/h2-12,14H,13H2,1H3. The molecule has 0 saturated heterocycles. The van der Waals surface area contributed by atoms with Crippen molar-refractivity contribution in [3.8, 4) is 22.6 Å². The van der Waals surface area contributed by atoms with Crippen molar-refractivity contribution in [1.29, 1.82) is 0 Å². The maximum Gasteiger partial charge on any atom is 0.200 e. The molecule has 4 nitrogen and oxygen atoms in total. The molecule has 0 atom stereocenters. The monoisotopic (exact) mass is 436 g/mol. The summed E-state index contributed by atoms with van der Waals surface area (Å²) in [6.07, 6.45) is 1.49. The molecule has 3 aromatic carbocycles. The fraction of sp³-hybridized carbons (Fsp3) is 0.0870. The van der Waals surface area contributed by atoms with Gasteiger partial charge in [-0.05, 0) is 47.5 Å². The molecule has 5 heteroatoms. The average Bonchev–Trinajstić information content (AvgIpc) is 2.74. The predicted molar refractivity (Wildman–Crippen MR) is 113 cm³/mol. The zero-order chi connectivity index (χ0) is 19.5. The Bertz CT molecular complexity index is 1160. The van der Waals surface area contributed by atoms with E-state index < -0.39 is 0 Å². The smallest absolute Gasteiger partial charge is 0.200 e. The van der Waals surface area contributed by atoms with Crippen molar-refractivity contribution in [3.05, 3.63) is 93.3 Å². The van der Waals surface area contributed by atoms with E-state index in [9.17, 15) is 4.79 Å². The van der Waals surface area contributed by atoms with Gasteiger partial charge in [0.1, 0.15) is 30.0 Å². The molecule has 0 amide bonds. The number of ether oxygens (including phenoxy) is 2. The molecule has 0 aliphatic heterocycles. The largest absolute Gasteiger partial charge is 0.497 e. The summed E-state index contributed by atoms with van der Waals surface area (Å²) in [4.78, 5) is 12.9. The lowest BCUT2D eigenvalue weighted by Gasteiger charge is -2.08. The van der Waals surface area contributed by atoms with Gasteiger partial charge in [0.2, 0.25) is 0 Å². The van der Waals surface area contributed by atoms with E-state index in [4.69, 9.17) is 13.9 Å². The number of benzene rings is 3. The minimum atomic E-state index is -0.0779. The second-order valence-corrected chi connectivity index (χ2v) is 7.20. The first-order valence-electron chi connectivity index (χ1n) is 8.71. The third-order valence-electron chi connectivity index (χ3n) is 4.47. The number of hydrogen-bond donors (Lipinski definition) is 0. The Morgan fingerprint density at radius 1 is 0.929 bits per heavy atom. The van der Waals surface area contributed by atoms with Gasteiger partial charge in [-0.15, -0.1) is 0 Å². The number of rotatable bonds is 5. The number of hydrogen-bond acceptors (Lipinski definition) is 4. The first kappa shape index (κ1) is 18.3. The molecular weight excluding hydrogens is 420 g/mol. The maximum atomic E-state index is 12.9. The molecular formula is C23H17BrO4. The zero-order valence-electron chi connectivity index (χ0n) is 15.1. The normalized spacial score (nSPS) is 10.8. The van der Waals surface area contributed by atoms with E-state index in [0.29, 0.717) is 28.9 Å². The SMILES string of the molecule is COc1ccc(-c2coc3cc(OCc4ccc(Br)cc4)ccc3c2=O)cc1. The lowest BCUT2D eigenvalue weighted by Crippen LogP contribution is -2.05. The Morgan fingerprint density at radius 2 is 1.64 bits per heavy atom. The summed E-state index contributed by atoms with van der Waals surface area (Å²) in [5.74, 6) is 1.39. The van der Waals surface area contributed by atoms with Crippen LogP contribution in [0.4, 0.5) is 0 Å². The van der Waals surface area contributed by atoms with Crippen LogP contribution in [0, 0.1) is 0 Å². The Kier molecular flexibility index (Phi) is 5.17. The van der Waals surface area contributed by atoms with Gasteiger partial charge in [0.15, 0.2) is 5.43 Å². The second kappa shape index (κ2) is 7.90. The van der Waals surface area contributed by atoms with Crippen LogP contribution in [0.2, 0.25) is 0 Å². The Hall–Kier alpha value is -3.05. The molecule has 0 radical (unpaired) electrons. The van der Waals surface area contributed by atoms with Crippen molar-refractivity contribution in [2.24, 2.45) is 0 Å². The fourth-order valence-electron chi connectivity index (χ4n) is 2.92. The molecule has 0 aliphatic rings. The lowest BCUT2D eigenvalue weighted by molar-refractivity contribution is 0.306. The molecule has 0 spiro atoms. The van der Waals surface area contributed by atoms with E-state index in [1.165, 1.54) is 6.26 Å². The van der Waals surface area contributed by atoms with Gasteiger partial charge in [0.05, 0.1) is 18.1 Å². The minimum absolute atomic E-state index is 0.0779. The molecule has 0 unspecified atom stereocenters. The highest BCUT2D eigenvalue weighted by Gasteiger charge is 2.10. The van der Waals surface area contributed by atoms with E-state index in [2.05, 4.69) is 15.9 Å². The van der Waals surface area contributed by atoms with Crippen LogP contribution >= 0.6 is 15.9 Å². The van der Waals surface area contributed by atoms with E-state index in [0.717, 1.165) is 21.3 Å². The van der Waals surface area contributed by atoms with Crippen LogP contribution in [0.1, 0.15) is 5.56 Å². The first-order valence-corrected chi connectivity index (χ1v) is 9.50. The van der Waals surface area contributed by atoms with E-state index in [-0.39, 0.29) is 5.43 Å². The highest BCUT2D eigenvalue weighted by molar-refractivity contribution is 9.10. The van der Waals surface area contributed by atoms with Crippen LogP contribution in [-0.4, -0.2) is 7.11 Å². The molecule has 4 rings (SSSR count). The van der Waals surface area contributed by atoms with Gasteiger partial charge in [-0.1, -0.05) is 40.2 Å². The second-order valence-electron chi connectivity index (χ2n) is 6.28. The topological polar surface area (TPSA) is 48.7 Å². The van der Waals surface area contributed by atoms with Gasteiger partial charge in [-0.2, -0.15) is 0 Å². The van der Waals surface area contributed by atoms with Crippen LogP contribution in [0.5, 0.6) is 11.5 Å². The highest BCUT2D eigenvalue weighted by Crippen LogP contribution is 2.25. The van der Waals surface area contributed by atoms with Crippen LogP contribution in [0.15, 0.2) is 86.7 Å².